The van der Waals surface area contributed by atoms with Crippen molar-refractivity contribution in [2.24, 2.45) is 5.92 Å². The zero-order chi connectivity index (χ0) is 16.5. The number of carboxylic acid groups (broad SMARTS) is 1. The molecule has 0 fully saturated rings. The predicted octanol–water partition coefficient (Wildman–Crippen LogP) is 2.43. The van der Waals surface area contributed by atoms with Crippen LogP contribution in [0, 0.1) is 5.92 Å². The minimum absolute atomic E-state index is 0.162. The Labute approximate surface area is 138 Å². The molecule has 7 heteroatoms. The lowest BCUT2D eigenvalue weighted by Crippen LogP contribution is -2.38. The summed E-state index contributed by atoms with van der Waals surface area (Å²) in [7, 11) is 0. The first-order valence-electron chi connectivity index (χ1n) is 7.16. The van der Waals surface area contributed by atoms with Crippen LogP contribution in [0.1, 0.15) is 30.6 Å². The van der Waals surface area contributed by atoms with E-state index in [-0.39, 0.29) is 12.5 Å². The molecule has 0 aliphatic rings. The minimum atomic E-state index is -0.920. The lowest BCUT2D eigenvalue weighted by Gasteiger charge is -2.25. The maximum absolute atomic E-state index is 12.6. The molecule has 0 saturated heterocycles. The molecule has 1 aromatic heterocycles. The van der Waals surface area contributed by atoms with Crippen molar-refractivity contribution in [1.82, 2.24) is 9.88 Å². The molecule has 6 nitrogen and oxygen atoms in total. The molecule has 1 atom stereocenters. The Hall–Kier alpha value is -1.47. The number of aromatic nitrogens is 1. The van der Waals surface area contributed by atoms with Gasteiger partial charge in [0.15, 0.2) is 0 Å². The summed E-state index contributed by atoms with van der Waals surface area (Å²) >= 11 is 3.30. The molecule has 0 saturated carbocycles. The lowest BCUT2D eigenvalue weighted by atomic mass is 10.1. The number of pyridine rings is 1. The smallest absolute Gasteiger partial charge is 0.308 e. The SMILES string of the molecule is CCOCCCN(CC(C)C(=O)O)C(=O)c1ccncc1Br. The molecule has 1 amide bonds. The van der Waals surface area contributed by atoms with Gasteiger partial charge in [0.05, 0.1) is 11.5 Å². The molecular formula is C15H21BrN2O4. The van der Waals surface area contributed by atoms with Crippen molar-refractivity contribution in [2.45, 2.75) is 20.3 Å². The van der Waals surface area contributed by atoms with Gasteiger partial charge in [0.1, 0.15) is 0 Å². The Kier molecular flexibility index (Phi) is 8.05. The fraction of sp³-hybridized carbons (Fsp3) is 0.533. The van der Waals surface area contributed by atoms with E-state index in [1.165, 1.54) is 6.20 Å². The van der Waals surface area contributed by atoms with Crippen molar-refractivity contribution in [3.05, 3.63) is 28.5 Å². The summed E-state index contributed by atoms with van der Waals surface area (Å²) in [4.78, 5) is 29.2. The number of rotatable bonds is 9. The predicted molar refractivity (Wildman–Crippen MR) is 85.8 cm³/mol. The van der Waals surface area contributed by atoms with Crippen LogP contribution in [0.2, 0.25) is 0 Å². The second kappa shape index (κ2) is 9.53. The summed E-state index contributed by atoms with van der Waals surface area (Å²) in [6, 6.07) is 1.62. The van der Waals surface area contributed by atoms with E-state index in [0.717, 1.165) is 0 Å². The molecule has 1 unspecified atom stereocenters. The number of hydrogen-bond acceptors (Lipinski definition) is 4. The van der Waals surface area contributed by atoms with Crippen molar-refractivity contribution in [1.29, 1.82) is 0 Å². The standard InChI is InChI=1S/C15H21BrN2O4/c1-3-22-8-4-7-18(10-11(2)15(20)21)14(19)12-5-6-17-9-13(12)16/h5-6,9,11H,3-4,7-8,10H2,1-2H3,(H,20,21). The zero-order valence-corrected chi connectivity index (χ0v) is 14.4. The van der Waals surface area contributed by atoms with Gasteiger partial charge < -0.3 is 14.7 Å². The molecule has 0 radical (unpaired) electrons. The molecule has 0 aliphatic carbocycles. The number of aliphatic carboxylic acids is 1. The second-order valence-electron chi connectivity index (χ2n) is 4.90. The van der Waals surface area contributed by atoms with Crippen LogP contribution in [0.25, 0.3) is 0 Å². The molecule has 22 heavy (non-hydrogen) atoms. The molecule has 1 aromatic rings. The third-order valence-electron chi connectivity index (χ3n) is 3.13. The third-order valence-corrected chi connectivity index (χ3v) is 3.76. The quantitative estimate of drug-likeness (QED) is 0.673. The highest BCUT2D eigenvalue weighted by Crippen LogP contribution is 2.17. The number of carbonyl (C=O) groups is 2. The molecule has 1 heterocycles. The van der Waals surface area contributed by atoms with E-state index in [1.807, 2.05) is 6.92 Å². The van der Waals surface area contributed by atoms with Crippen LogP contribution in [0.5, 0.6) is 0 Å². The topological polar surface area (TPSA) is 79.7 Å². The molecule has 0 spiro atoms. The number of nitrogens with zero attached hydrogens (tertiary/aromatic N) is 2. The molecular weight excluding hydrogens is 352 g/mol. The number of carboxylic acids is 1. The summed E-state index contributed by atoms with van der Waals surface area (Å²) in [5, 5.41) is 9.07. The van der Waals surface area contributed by atoms with Crippen LogP contribution in [0.4, 0.5) is 0 Å². The van der Waals surface area contributed by atoms with E-state index >= 15 is 0 Å². The van der Waals surface area contributed by atoms with Crippen LogP contribution in [-0.2, 0) is 9.53 Å². The van der Waals surface area contributed by atoms with Gasteiger partial charge in [-0.1, -0.05) is 6.92 Å². The van der Waals surface area contributed by atoms with Crippen molar-refractivity contribution in [2.75, 3.05) is 26.3 Å². The second-order valence-corrected chi connectivity index (χ2v) is 5.75. The van der Waals surface area contributed by atoms with Crippen LogP contribution >= 0.6 is 15.9 Å². The largest absolute Gasteiger partial charge is 0.481 e. The lowest BCUT2D eigenvalue weighted by molar-refractivity contribution is -0.141. The summed E-state index contributed by atoms with van der Waals surface area (Å²) in [6.45, 7) is 5.27. The summed E-state index contributed by atoms with van der Waals surface area (Å²) in [5.74, 6) is -1.76. The van der Waals surface area contributed by atoms with Crippen LogP contribution in [-0.4, -0.2) is 53.2 Å². The first-order chi connectivity index (χ1) is 10.5. The Morgan fingerprint density at radius 1 is 1.50 bits per heavy atom. The van der Waals surface area contributed by atoms with E-state index in [9.17, 15) is 9.59 Å². The molecule has 122 valence electrons. The third kappa shape index (κ3) is 5.73. The van der Waals surface area contributed by atoms with E-state index in [2.05, 4.69) is 20.9 Å². The average Bonchev–Trinajstić information content (AvgIpc) is 2.49. The van der Waals surface area contributed by atoms with E-state index in [0.29, 0.717) is 36.2 Å². The van der Waals surface area contributed by atoms with Crippen molar-refractivity contribution in [3.8, 4) is 0 Å². The summed E-state index contributed by atoms with van der Waals surface area (Å²) < 4.78 is 5.87. The fourth-order valence-electron chi connectivity index (χ4n) is 1.91. The Bertz CT molecular complexity index is 510. The van der Waals surface area contributed by atoms with Gasteiger partial charge in [0.25, 0.3) is 5.91 Å². The highest BCUT2D eigenvalue weighted by Gasteiger charge is 2.22. The van der Waals surface area contributed by atoms with Gasteiger partial charge in [-0.05, 0) is 35.3 Å². The van der Waals surface area contributed by atoms with Crippen molar-refractivity contribution >= 4 is 27.8 Å². The summed E-state index contributed by atoms with van der Waals surface area (Å²) in [5.41, 5.74) is 0.476. The monoisotopic (exact) mass is 372 g/mol. The molecule has 0 aliphatic heterocycles. The Morgan fingerprint density at radius 2 is 2.23 bits per heavy atom. The maximum Gasteiger partial charge on any atom is 0.308 e. The van der Waals surface area contributed by atoms with Crippen molar-refractivity contribution in [3.63, 3.8) is 0 Å². The van der Waals surface area contributed by atoms with Crippen LogP contribution < -0.4 is 0 Å². The highest BCUT2D eigenvalue weighted by atomic mass is 79.9. The normalized spacial score (nSPS) is 12.0. The number of amides is 1. The number of ether oxygens (including phenoxy) is 1. The molecule has 1 rings (SSSR count). The van der Waals surface area contributed by atoms with E-state index < -0.39 is 11.9 Å². The molecule has 1 N–H and O–H groups in total. The van der Waals surface area contributed by atoms with Gasteiger partial charge in [-0.3, -0.25) is 14.6 Å². The molecule has 0 bridgehead atoms. The maximum atomic E-state index is 12.6. The van der Waals surface area contributed by atoms with Crippen LogP contribution in [0.3, 0.4) is 0 Å². The van der Waals surface area contributed by atoms with Crippen molar-refractivity contribution < 1.29 is 19.4 Å². The Morgan fingerprint density at radius 3 is 2.82 bits per heavy atom. The fourth-order valence-corrected chi connectivity index (χ4v) is 2.33. The minimum Gasteiger partial charge on any atom is -0.481 e. The van der Waals surface area contributed by atoms with Gasteiger partial charge in [0.2, 0.25) is 0 Å². The van der Waals surface area contributed by atoms with Crippen LogP contribution in [0.15, 0.2) is 22.9 Å². The summed E-state index contributed by atoms with van der Waals surface area (Å²) in [6.07, 6.45) is 3.75. The first-order valence-corrected chi connectivity index (χ1v) is 7.96. The van der Waals surface area contributed by atoms with Gasteiger partial charge in [-0.15, -0.1) is 0 Å². The van der Waals surface area contributed by atoms with E-state index in [1.54, 1.807) is 24.1 Å². The molecule has 0 aromatic carbocycles. The number of carbonyl (C=O) groups excluding carboxylic acids is 1. The van der Waals surface area contributed by atoms with Gasteiger partial charge >= 0.3 is 5.97 Å². The Balaban J connectivity index is 2.81. The van der Waals surface area contributed by atoms with Gasteiger partial charge in [-0.25, -0.2) is 0 Å². The highest BCUT2D eigenvalue weighted by molar-refractivity contribution is 9.10. The zero-order valence-electron chi connectivity index (χ0n) is 12.8. The van der Waals surface area contributed by atoms with Gasteiger partial charge in [0, 0.05) is 43.2 Å². The average molecular weight is 373 g/mol. The number of hydrogen-bond donors (Lipinski definition) is 1. The first kappa shape index (κ1) is 18.6. The van der Waals surface area contributed by atoms with Gasteiger partial charge in [-0.2, -0.15) is 0 Å². The van der Waals surface area contributed by atoms with E-state index in [4.69, 9.17) is 9.84 Å². The number of halogens is 1.